The standard InChI is InChI=1S/C12H12N4O3/c1-2-8-7-11(12(13)17)14-15(8)9-3-5-10(6-4-9)16(18)19/h3-7H,2H2,1H3,(H2,13,17). The summed E-state index contributed by atoms with van der Waals surface area (Å²) < 4.78 is 1.56. The number of non-ortho nitro benzene ring substituents is 1. The number of primary amides is 1. The number of nitro groups is 1. The van der Waals surface area contributed by atoms with Gasteiger partial charge < -0.3 is 5.73 Å². The topological polar surface area (TPSA) is 104 Å². The molecule has 0 bridgehead atoms. The van der Waals surface area contributed by atoms with Gasteiger partial charge in [0.25, 0.3) is 11.6 Å². The van der Waals surface area contributed by atoms with Crippen LogP contribution in [0.2, 0.25) is 0 Å². The van der Waals surface area contributed by atoms with Gasteiger partial charge in [-0.25, -0.2) is 4.68 Å². The van der Waals surface area contributed by atoms with Crippen LogP contribution in [0.25, 0.3) is 5.69 Å². The molecule has 0 saturated heterocycles. The van der Waals surface area contributed by atoms with Crippen molar-refractivity contribution in [1.82, 2.24) is 9.78 Å². The molecule has 2 aromatic rings. The van der Waals surface area contributed by atoms with Crippen LogP contribution in [-0.4, -0.2) is 20.6 Å². The molecule has 0 saturated carbocycles. The molecule has 7 heteroatoms. The van der Waals surface area contributed by atoms with Gasteiger partial charge in [0.2, 0.25) is 0 Å². The SMILES string of the molecule is CCc1cc(C(N)=O)nn1-c1ccc([N+](=O)[O-])cc1. The van der Waals surface area contributed by atoms with Crippen molar-refractivity contribution in [2.75, 3.05) is 0 Å². The lowest BCUT2D eigenvalue weighted by molar-refractivity contribution is -0.384. The highest BCUT2D eigenvalue weighted by Gasteiger charge is 2.13. The van der Waals surface area contributed by atoms with Crippen LogP contribution in [0.1, 0.15) is 23.1 Å². The molecule has 0 unspecified atom stereocenters. The van der Waals surface area contributed by atoms with Gasteiger partial charge in [0.1, 0.15) is 0 Å². The third-order valence-corrected chi connectivity index (χ3v) is 2.70. The van der Waals surface area contributed by atoms with E-state index in [4.69, 9.17) is 5.73 Å². The Bertz CT molecular complexity index is 631. The molecule has 2 rings (SSSR count). The van der Waals surface area contributed by atoms with Gasteiger partial charge in [-0.05, 0) is 24.6 Å². The molecular formula is C12H12N4O3. The zero-order valence-electron chi connectivity index (χ0n) is 10.2. The van der Waals surface area contributed by atoms with E-state index >= 15 is 0 Å². The largest absolute Gasteiger partial charge is 0.364 e. The van der Waals surface area contributed by atoms with E-state index in [0.717, 1.165) is 5.69 Å². The van der Waals surface area contributed by atoms with E-state index in [2.05, 4.69) is 5.10 Å². The highest BCUT2D eigenvalue weighted by Crippen LogP contribution is 2.17. The molecule has 1 aromatic heterocycles. The molecule has 0 atom stereocenters. The number of amides is 1. The first-order valence-corrected chi connectivity index (χ1v) is 5.66. The number of carbonyl (C=O) groups is 1. The molecule has 1 heterocycles. The predicted octanol–water partition coefficient (Wildman–Crippen LogP) is 1.44. The fraction of sp³-hybridized carbons (Fsp3) is 0.167. The number of aryl methyl sites for hydroxylation is 1. The average Bonchev–Trinajstić information content (AvgIpc) is 2.83. The number of aromatic nitrogens is 2. The monoisotopic (exact) mass is 260 g/mol. The minimum Gasteiger partial charge on any atom is -0.364 e. The Labute approximate surface area is 108 Å². The highest BCUT2D eigenvalue weighted by atomic mass is 16.6. The normalized spacial score (nSPS) is 10.4. The Hall–Kier alpha value is -2.70. The van der Waals surface area contributed by atoms with E-state index in [1.54, 1.807) is 22.9 Å². The van der Waals surface area contributed by atoms with E-state index in [1.807, 2.05) is 6.92 Å². The van der Waals surface area contributed by atoms with Crippen molar-refractivity contribution in [3.05, 3.63) is 51.8 Å². The summed E-state index contributed by atoms with van der Waals surface area (Å²) in [7, 11) is 0. The number of nitrogens with two attached hydrogens (primary N) is 1. The van der Waals surface area contributed by atoms with Gasteiger partial charge >= 0.3 is 0 Å². The van der Waals surface area contributed by atoms with Crippen LogP contribution in [0.15, 0.2) is 30.3 Å². The second kappa shape index (κ2) is 4.89. The van der Waals surface area contributed by atoms with Crippen molar-refractivity contribution in [2.45, 2.75) is 13.3 Å². The number of hydrogen-bond donors (Lipinski definition) is 1. The Balaban J connectivity index is 2.45. The van der Waals surface area contributed by atoms with Crippen molar-refractivity contribution in [1.29, 1.82) is 0 Å². The van der Waals surface area contributed by atoms with Crippen molar-refractivity contribution in [3.63, 3.8) is 0 Å². The summed E-state index contributed by atoms with van der Waals surface area (Å²) in [6.45, 7) is 1.92. The van der Waals surface area contributed by atoms with Crippen LogP contribution >= 0.6 is 0 Å². The highest BCUT2D eigenvalue weighted by molar-refractivity contribution is 5.90. The molecule has 0 fully saturated rings. The summed E-state index contributed by atoms with van der Waals surface area (Å²) in [5.41, 5.74) is 6.82. The summed E-state index contributed by atoms with van der Waals surface area (Å²) in [4.78, 5) is 21.2. The fourth-order valence-corrected chi connectivity index (χ4v) is 1.73. The first-order chi connectivity index (χ1) is 9.02. The van der Waals surface area contributed by atoms with Crippen molar-refractivity contribution in [3.8, 4) is 5.69 Å². The van der Waals surface area contributed by atoms with Gasteiger partial charge in [0.15, 0.2) is 5.69 Å². The Kier molecular flexibility index (Phi) is 3.28. The number of hydrogen-bond acceptors (Lipinski definition) is 4. The number of nitrogens with zero attached hydrogens (tertiary/aromatic N) is 3. The first-order valence-electron chi connectivity index (χ1n) is 5.66. The number of rotatable bonds is 4. The van der Waals surface area contributed by atoms with Gasteiger partial charge in [-0.1, -0.05) is 6.92 Å². The minimum atomic E-state index is -0.602. The maximum atomic E-state index is 11.1. The Morgan fingerprint density at radius 1 is 1.42 bits per heavy atom. The van der Waals surface area contributed by atoms with Crippen molar-refractivity contribution >= 4 is 11.6 Å². The summed E-state index contributed by atoms with van der Waals surface area (Å²) in [6.07, 6.45) is 0.664. The second-order valence-electron chi connectivity index (χ2n) is 3.92. The van der Waals surface area contributed by atoms with Gasteiger partial charge in [-0.2, -0.15) is 5.10 Å². The maximum absolute atomic E-state index is 11.1. The van der Waals surface area contributed by atoms with Crippen molar-refractivity contribution < 1.29 is 9.72 Å². The molecule has 0 spiro atoms. The van der Waals surface area contributed by atoms with Gasteiger partial charge in [0.05, 0.1) is 10.6 Å². The van der Waals surface area contributed by atoms with E-state index in [0.29, 0.717) is 12.1 Å². The Morgan fingerprint density at radius 2 is 2.05 bits per heavy atom. The third kappa shape index (κ3) is 2.44. The molecule has 0 aliphatic heterocycles. The molecule has 2 N–H and O–H groups in total. The lowest BCUT2D eigenvalue weighted by Crippen LogP contribution is -2.12. The second-order valence-corrected chi connectivity index (χ2v) is 3.92. The predicted molar refractivity (Wildman–Crippen MR) is 68.1 cm³/mol. The number of nitro benzene ring substituents is 1. The summed E-state index contributed by atoms with van der Waals surface area (Å²) in [5.74, 6) is -0.602. The molecule has 19 heavy (non-hydrogen) atoms. The molecule has 98 valence electrons. The maximum Gasteiger partial charge on any atom is 0.269 e. The van der Waals surface area contributed by atoms with Gasteiger partial charge in [-0.15, -0.1) is 0 Å². The molecule has 7 nitrogen and oxygen atoms in total. The smallest absolute Gasteiger partial charge is 0.269 e. The van der Waals surface area contributed by atoms with E-state index in [1.165, 1.54) is 12.1 Å². The Morgan fingerprint density at radius 3 is 2.53 bits per heavy atom. The summed E-state index contributed by atoms with van der Waals surface area (Å²) in [5, 5.41) is 14.7. The summed E-state index contributed by atoms with van der Waals surface area (Å²) >= 11 is 0. The van der Waals surface area contributed by atoms with Crippen LogP contribution in [0, 0.1) is 10.1 Å². The van der Waals surface area contributed by atoms with Crippen LogP contribution in [0.5, 0.6) is 0 Å². The van der Waals surface area contributed by atoms with Gasteiger partial charge in [-0.3, -0.25) is 14.9 Å². The minimum absolute atomic E-state index is 0.00378. The summed E-state index contributed by atoms with van der Waals surface area (Å²) in [6, 6.07) is 7.55. The first kappa shape index (κ1) is 12.7. The average molecular weight is 260 g/mol. The third-order valence-electron chi connectivity index (χ3n) is 2.70. The van der Waals surface area contributed by atoms with Crippen molar-refractivity contribution in [2.24, 2.45) is 5.73 Å². The van der Waals surface area contributed by atoms with E-state index < -0.39 is 10.8 Å². The quantitative estimate of drug-likeness (QED) is 0.663. The molecule has 0 radical (unpaired) electrons. The molecule has 1 aromatic carbocycles. The molecular weight excluding hydrogens is 248 g/mol. The zero-order valence-corrected chi connectivity index (χ0v) is 10.2. The molecule has 0 aliphatic carbocycles. The van der Waals surface area contributed by atoms with Crippen LogP contribution in [0.3, 0.4) is 0 Å². The van der Waals surface area contributed by atoms with E-state index in [-0.39, 0.29) is 11.4 Å². The number of benzene rings is 1. The zero-order chi connectivity index (χ0) is 14.0. The fourth-order valence-electron chi connectivity index (χ4n) is 1.73. The lowest BCUT2D eigenvalue weighted by atomic mass is 10.2. The van der Waals surface area contributed by atoms with Gasteiger partial charge in [0, 0.05) is 17.8 Å². The molecule has 1 amide bonds. The van der Waals surface area contributed by atoms with Crippen LogP contribution in [-0.2, 0) is 6.42 Å². The van der Waals surface area contributed by atoms with Crippen LogP contribution < -0.4 is 5.73 Å². The lowest BCUT2D eigenvalue weighted by Gasteiger charge is -2.04. The van der Waals surface area contributed by atoms with Crippen LogP contribution in [0.4, 0.5) is 5.69 Å². The number of carbonyl (C=O) groups excluding carboxylic acids is 1. The molecule has 0 aliphatic rings. The van der Waals surface area contributed by atoms with E-state index in [9.17, 15) is 14.9 Å².